The van der Waals surface area contributed by atoms with Gasteiger partial charge < -0.3 is 19.3 Å². The third-order valence-corrected chi connectivity index (χ3v) is 3.83. The Morgan fingerprint density at radius 1 is 1.05 bits per heavy atom. The molecule has 0 aliphatic heterocycles. The van der Waals surface area contributed by atoms with Crippen molar-refractivity contribution in [1.82, 2.24) is 0 Å². The second-order valence-corrected chi connectivity index (χ2v) is 6.64. The maximum Gasteiger partial charge on any atom is 0.164 e. The number of aliphatic hydroxyl groups excluding tert-OH is 1. The maximum atomic E-state index is 11.2. The van der Waals surface area contributed by atoms with Crippen LogP contribution in [0.4, 0.5) is 0 Å². The highest BCUT2D eigenvalue weighted by atomic mass is 32.2. The normalized spacial score (nSPS) is 12.8. The molecule has 0 saturated carbocycles. The molecule has 1 atom stereocenters. The molecule has 0 bridgehead atoms. The Morgan fingerprint density at radius 2 is 1.55 bits per heavy atom. The Morgan fingerprint density at radius 3 is 2.00 bits per heavy atom. The zero-order valence-corrected chi connectivity index (χ0v) is 12.9. The van der Waals surface area contributed by atoms with Crippen molar-refractivity contribution in [2.45, 2.75) is 12.5 Å². The van der Waals surface area contributed by atoms with Crippen LogP contribution in [0.2, 0.25) is 0 Å². The van der Waals surface area contributed by atoms with E-state index in [1.165, 1.54) is 21.3 Å². The smallest absolute Gasteiger partial charge is 0.164 e. The molecule has 0 spiro atoms. The molecule has 1 rings (SSSR count). The molecule has 0 fully saturated rings. The van der Waals surface area contributed by atoms with E-state index in [-0.39, 0.29) is 12.2 Å². The van der Waals surface area contributed by atoms with Crippen LogP contribution >= 0.6 is 0 Å². The van der Waals surface area contributed by atoms with E-state index in [1.807, 2.05) is 0 Å². The lowest BCUT2D eigenvalue weighted by molar-refractivity contribution is 0.169. The molecule has 7 heteroatoms. The first-order valence-electron chi connectivity index (χ1n) is 5.98. The van der Waals surface area contributed by atoms with Crippen molar-refractivity contribution in [3.05, 3.63) is 17.7 Å². The van der Waals surface area contributed by atoms with Crippen molar-refractivity contribution in [3.8, 4) is 17.2 Å². The van der Waals surface area contributed by atoms with Crippen molar-refractivity contribution in [3.63, 3.8) is 0 Å². The van der Waals surface area contributed by atoms with Crippen LogP contribution in [-0.4, -0.2) is 46.9 Å². The molecule has 114 valence electrons. The molecule has 0 aromatic heterocycles. The number of benzene rings is 1. The molecule has 1 unspecified atom stereocenters. The van der Waals surface area contributed by atoms with E-state index in [0.717, 1.165) is 6.26 Å². The second kappa shape index (κ2) is 6.81. The Hall–Kier alpha value is -1.47. The lowest BCUT2D eigenvalue weighted by atomic mass is 10.1. The molecule has 0 heterocycles. The molecule has 1 aromatic carbocycles. The van der Waals surface area contributed by atoms with Gasteiger partial charge in [0.05, 0.1) is 33.2 Å². The summed E-state index contributed by atoms with van der Waals surface area (Å²) in [5.74, 6) is 1.24. The highest BCUT2D eigenvalue weighted by Crippen LogP contribution is 2.38. The Kier molecular flexibility index (Phi) is 5.64. The molecule has 1 N–H and O–H groups in total. The van der Waals surface area contributed by atoms with E-state index in [9.17, 15) is 13.5 Å². The highest BCUT2D eigenvalue weighted by Gasteiger charge is 2.19. The Labute approximate surface area is 119 Å². The number of aliphatic hydroxyl groups is 1. The Bertz CT molecular complexity index is 552. The van der Waals surface area contributed by atoms with Gasteiger partial charge in [-0.1, -0.05) is 0 Å². The minimum Gasteiger partial charge on any atom is -0.496 e. The van der Waals surface area contributed by atoms with Crippen LogP contribution in [0, 0.1) is 0 Å². The SMILES string of the molecule is COc1cc(OC)c(C(O)CCS(C)(=O)=O)cc1OC. The second-order valence-electron chi connectivity index (χ2n) is 4.38. The topological polar surface area (TPSA) is 82.1 Å². The highest BCUT2D eigenvalue weighted by molar-refractivity contribution is 7.90. The standard InChI is InChI=1S/C13H20O6S/c1-17-11-8-13(19-3)12(18-2)7-9(11)10(14)5-6-20(4,15)16/h7-8,10,14H,5-6H2,1-4H3. The number of sulfone groups is 1. The number of rotatable bonds is 7. The summed E-state index contributed by atoms with van der Waals surface area (Å²) in [6.45, 7) is 0. The first-order valence-corrected chi connectivity index (χ1v) is 8.04. The molecule has 1 aromatic rings. The van der Waals surface area contributed by atoms with Gasteiger partial charge in [-0.05, 0) is 12.5 Å². The van der Waals surface area contributed by atoms with Crippen LogP contribution in [0.15, 0.2) is 12.1 Å². The molecule has 6 nitrogen and oxygen atoms in total. The molecule has 0 aliphatic rings. The summed E-state index contributed by atoms with van der Waals surface area (Å²) < 4.78 is 37.8. The van der Waals surface area contributed by atoms with E-state index < -0.39 is 15.9 Å². The first-order chi connectivity index (χ1) is 9.32. The molecular formula is C13H20O6S. The summed E-state index contributed by atoms with van der Waals surface area (Å²) in [5.41, 5.74) is 0.466. The van der Waals surface area contributed by atoms with Crippen molar-refractivity contribution in [2.24, 2.45) is 0 Å². The van der Waals surface area contributed by atoms with Crippen LogP contribution < -0.4 is 14.2 Å². The first kappa shape index (κ1) is 16.6. The molecular weight excluding hydrogens is 284 g/mol. The predicted octanol–water partition coefficient (Wildman–Crippen LogP) is 1.18. The van der Waals surface area contributed by atoms with Gasteiger partial charge in [0, 0.05) is 17.9 Å². The molecule has 0 amide bonds. The third-order valence-electron chi connectivity index (χ3n) is 2.86. The van der Waals surface area contributed by atoms with Crippen LogP contribution in [-0.2, 0) is 9.84 Å². The van der Waals surface area contributed by atoms with Gasteiger partial charge in [0.15, 0.2) is 11.5 Å². The number of methoxy groups -OCH3 is 3. The average molecular weight is 304 g/mol. The minimum absolute atomic E-state index is 0.0880. The summed E-state index contributed by atoms with van der Waals surface area (Å²) in [4.78, 5) is 0. The summed E-state index contributed by atoms with van der Waals surface area (Å²) in [5, 5.41) is 10.1. The molecule has 0 aliphatic carbocycles. The van der Waals surface area contributed by atoms with Crippen molar-refractivity contribution < 1.29 is 27.7 Å². The zero-order chi connectivity index (χ0) is 15.3. The predicted molar refractivity (Wildman–Crippen MR) is 75.4 cm³/mol. The van der Waals surface area contributed by atoms with Crippen molar-refractivity contribution >= 4 is 9.84 Å². The summed E-state index contributed by atoms with van der Waals surface area (Å²) >= 11 is 0. The monoisotopic (exact) mass is 304 g/mol. The van der Waals surface area contributed by atoms with Gasteiger partial charge in [0.25, 0.3) is 0 Å². The van der Waals surface area contributed by atoms with E-state index in [2.05, 4.69) is 0 Å². The van der Waals surface area contributed by atoms with Crippen LogP contribution in [0.5, 0.6) is 17.2 Å². The number of hydrogen-bond donors (Lipinski definition) is 1. The fourth-order valence-electron chi connectivity index (χ4n) is 1.79. The lowest BCUT2D eigenvalue weighted by Gasteiger charge is -2.17. The van der Waals surface area contributed by atoms with Gasteiger partial charge in [0.1, 0.15) is 15.6 Å². The van der Waals surface area contributed by atoms with E-state index in [0.29, 0.717) is 22.8 Å². The largest absolute Gasteiger partial charge is 0.496 e. The summed E-state index contributed by atoms with van der Waals surface area (Å²) in [6.07, 6.45) is 0.260. The van der Waals surface area contributed by atoms with Crippen molar-refractivity contribution in [1.29, 1.82) is 0 Å². The van der Waals surface area contributed by atoms with Crippen LogP contribution in [0.1, 0.15) is 18.1 Å². The molecule has 0 radical (unpaired) electrons. The maximum absolute atomic E-state index is 11.2. The zero-order valence-electron chi connectivity index (χ0n) is 12.0. The van der Waals surface area contributed by atoms with Gasteiger partial charge in [-0.3, -0.25) is 0 Å². The van der Waals surface area contributed by atoms with E-state index in [1.54, 1.807) is 12.1 Å². The lowest BCUT2D eigenvalue weighted by Crippen LogP contribution is -2.09. The summed E-state index contributed by atoms with van der Waals surface area (Å²) in [7, 11) is 1.31. The van der Waals surface area contributed by atoms with Crippen LogP contribution in [0.25, 0.3) is 0 Å². The summed E-state index contributed by atoms with van der Waals surface area (Å²) in [6, 6.07) is 3.18. The van der Waals surface area contributed by atoms with E-state index >= 15 is 0 Å². The van der Waals surface area contributed by atoms with Gasteiger partial charge >= 0.3 is 0 Å². The number of hydrogen-bond acceptors (Lipinski definition) is 6. The minimum atomic E-state index is -3.13. The van der Waals surface area contributed by atoms with Gasteiger partial charge in [0.2, 0.25) is 0 Å². The van der Waals surface area contributed by atoms with Crippen LogP contribution in [0.3, 0.4) is 0 Å². The van der Waals surface area contributed by atoms with Gasteiger partial charge in [-0.2, -0.15) is 0 Å². The molecule has 20 heavy (non-hydrogen) atoms. The van der Waals surface area contributed by atoms with Gasteiger partial charge in [-0.15, -0.1) is 0 Å². The fourth-order valence-corrected chi connectivity index (χ4v) is 2.45. The fraction of sp³-hybridized carbons (Fsp3) is 0.538. The van der Waals surface area contributed by atoms with E-state index in [4.69, 9.17) is 14.2 Å². The third kappa shape index (κ3) is 4.28. The quantitative estimate of drug-likeness (QED) is 0.814. The average Bonchev–Trinajstić information content (AvgIpc) is 2.42. The molecule has 0 saturated heterocycles. The Balaban J connectivity index is 3.09. The number of ether oxygens (including phenoxy) is 3. The van der Waals surface area contributed by atoms with Crippen molar-refractivity contribution in [2.75, 3.05) is 33.3 Å². The van der Waals surface area contributed by atoms with Gasteiger partial charge in [-0.25, -0.2) is 8.42 Å².